The van der Waals surface area contributed by atoms with E-state index in [2.05, 4.69) is 146 Å². The fraction of sp³-hybridized carbons (Fsp3) is 0.0638. The summed E-state index contributed by atoms with van der Waals surface area (Å²) in [6.45, 7) is 4.68. The molecule has 0 fully saturated rings. The molecule has 1 aliphatic rings. The fourth-order valence-electron chi connectivity index (χ4n) is 8.95. The molecule has 5 heteroatoms. The number of hydrogen-bond acceptors (Lipinski definition) is 4. The molecule has 4 aromatic heterocycles. The number of para-hydroxylation sites is 2. The topological polar surface area (TPSA) is 43.9 Å². The summed E-state index contributed by atoms with van der Waals surface area (Å²) in [6.07, 6.45) is 0. The number of furan rings is 1. The first kappa shape index (κ1) is 28.4. The number of thiophene rings is 1. The molecule has 11 aromatic rings. The molecule has 7 aromatic carbocycles. The zero-order chi connectivity index (χ0) is 34.3. The summed E-state index contributed by atoms with van der Waals surface area (Å²) >= 11 is 1.78. The van der Waals surface area contributed by atoms with E-state index in [0.717, 1.165) is 65.2 Å². The molecule has 12 rings (SSSR count). The lowest BCUT2D eigenvalue weighted by atomic mass is 9.82. The number of aromatic nitrogens is 3. The monoisotopic (exact) mass is 683 g/mol. The Morgan fingerprint density at radius 2 is 1.35 bits per heavy atom. The summed E-state index contributed by atoms with van der Waals surface area (Å²) < 4.78 is 10.9. The smallest absolute Gasteiger partial charge is 0.235 e. The standard InChI is InChI=1S/C47H29N3OS/c1-47(2)35-15-7-3-11-28(35)29-21-19-27(23-36(29)47)43-45-44(32-14-6-10-18-41(32)52-45)49-46(48-43)50-37-16-8-4-12-30(37)34-25-33-26(24-38(34)50)20-22-40-42(33)31-13-5-9-17-39(31)51-40/h3-25H,1-2H3. The second kappa shape index (κ2) is 9.93. The molecule has 0 amide bonds. The highest BCUT2D eigenvalue weighted by atomic mass is 32.1. The highest BCUT2D eigenvalue weighted by Crippen LogP contribution is 2.50. The van der Waals surface area contributed by atoms with E-state index in [4.69, 9.17) is 14.4 Å². The number of fused-ring (bicyclic) bond motifs is 14. The molecule has 0 atom stereocenters. The molecule has 4 heterocycles. The lowest BCUT2D eigenvalue weighted by Crippen LogP contribution is -2.15. The third-order valence-electron chi connectivity index (χ3n) is 11.4. The van der Waals surface area contributed by atoms with Gasteiger partial charge in [-0.25, -0.2) is 9.97 Å². The number of benzene rings is 7. The van der Waals surface area contributed by atoms with Crippen LogP contribution in [0, 0.1) is 0 Å². The van der Waals surface area contributed by atoms with Crippen LogP contribution in [0.1, 0.15) is 25.0 Å². The molecule has 52 heavy (non-hydrogen) atoms. The number of nitrogens with zero attached hydrogens (tertiary/aromatic N) is 3. The van der Waals surface area contributed by atoms with E-state index < -0.39 is 0 Å². The lowest BCUT2D eigenvalue weighted by Gasteiger charge is -2.22. The maximum Gasteiger partial charge on any atom is 0.235 e. The van der Waals surface area contributed by atoms with E-state index in [9.17, 15) is 0 Å². The summed E-state index contributed by atoms with van der Waals surface area (Å²) in [5.41, 5.74) is 12.3. The predicted octanol–water partition coefficient (Wildman–Crippen LogP) is 13.0. The Balaban J connectivity index is 1.17. The van der Waals surface area contributed by atoms with Crippen molar-refractivity contribution in [2.75, 3.05) is 0 Å². The summed E-state index contributed by atoms with van der Waals surface area (Å²) in [7, 11) is 0. The molecule has 0 radical (unpaired) electrons. The van der Waals surface area contributed by atoms with Crippen molar-refractivity contribution >= 4 is 86.2 Å². The Hall–Kier alpha value is -6.30. The van der Waals surface area contributed by atoms with Crippen LogP contribution >= 0.6 is 11.3 Å². The van der Waals surface area contributed by atoms with Crippen molar-refractivity contribution < 1.29 is 4.42 Å². The van der Waals surface area contributed by atoms with Gasteiger partial charge in [0.15, 0.2) is 0 Å². The molecular weight excluding hydrogens is 655 g/mol. The normalized spacial score (nSPS) is 13.7. The third kappa shape index (κ3) is 3.65. The van der Waals surface area contributed by atoms with Gasteiger partial charge in [0.1, 0.15) is 11.2 Å². The van der Waals surface area contributed by atoms with Crippen LogP contribution in [0.3, 0.4) is 0 Å². The van der Waals surface area contributed by atoms with E-state index in [1.807, 2.05) is 12.1 Å². The van der Waals surface area contributed by atoms with Crippen molar-refractivity contribution in [3.05, 3.63) is 151 Å². The summed E-state index contributed by atoms with van der Waals surface area (Å²) in [6, 6.07) is 50.2. The fourth-order valence-corrected chi connectivity index (χ4v) is 10.1. The second-order valence-electron chi connectivity index (χ2n) is 14.6. The first-order valence-electron chi connectivity index (χ1n) is 17.7. The van der Waals surface area contributed by atoms with Crippen LogP contribution in [0.4, 0.5) is 0 Å². The van der Waals surface area contributed by atoms with Gasteiger partial charge in [-0.05, 0) is 75.5 Å². The van der Waals surface area contributed by atoms with Crippen molar-refractivity contribution in [1.82, 2.24) is 14.5 Å². The lowest BCUT2D eigenvalue weighted by molar-refractivity contribution is 0.660. The third-order valence-corrected chi connectivity index (χ3v) is 12.6. The van der Waals surface area contributed by atoms with Crippen LogP contribution in [-0.2, 0) is 5.41 Å². The Labute approximate surface area is 302 Å². The van der Waals surface area contributed by atoms with Gasteiger partial charge in [-0.2, -0.15) is 0 Å². The van der Waals surface area contributed by atoms with E-state index in [1.54, 1.807) is 11.3 Å². The molecule has 0 saturated carbocycles. The molecule has 0 N–H and O–H groups in total. The first-order chi connectivity index (χ1) is 25.5. The molecular formula is C47H29N3OS. The van der Waals surface area contributed by atoms with E-state index >= 15 is 0 Å². The second-order valence-corrected chi connectivity index (χ2v) is 15.6. The highest BCUT2D eigenvalue weighted by Gasteiger charge is 2.35. The van der Waals surface area contributed by atoms with Gasteiger partial charge < -0.3 is 4.42 Å². The zero-order valence-corrected chi connectivity index (χ0v) is 29.3. The Bertz CT molecular complexity index is 3340. The van der Waals surface area contributed by atoms with Crippen molar-refractivity contribution in [3.63, 3.8) is 0 Å². The van der Waals surface area contributed by atoms with Crippen LogP contribution in [0.25, 0.3) is 103 Å². The van der Waals surface area contributed by atoms with Gasteiger partial charge in [-0.1, -0.05) is 111 Å². The minimum absolute atomic E-state index is 0.114. The SMILES string of the molecule is CC1(C)c2ccccc2-c2ccc(-c3nc(-n4c5ccccc5c5cc6c(ccc7oc8ccccc8c76)cc54)nc4c3sc3ccccc34)cc21. The van der Waals surface area contributed by atoms with Gasteiger partial charge in [0, 0.05) is 42.6 Å². The summed E-state index contributed by atoms with van der Waals surface area (Å²) in [5.74, 6) is 0.675. The van der Waals surface area contributed by atoms with Gasteiger partial charge in [-0.15, -0.1) is 11.3 Å². The van der Waals surface area contributed by atoms with Gasteiger partial charge in [0.25, 0.3) is 0 Å². The van der Waals surface area contributed by atoms with Crippen LogP contribution < -0.4 is 0 Å². The molecule has 1 aliphatic carbocycles. The Morgan fingerprint density at radius 3 is 2.27 bits per heavy atom. The number of hydrogen-bond donors (Lipinski definition) is 0. The highest BCUT2D eigenvalue weighted by molar-refractivity contribution is 7.26. The van der Waals surface area contributed by atoms with Gasteiger partial charge in [0.2, 0.25) is 5.95 Å². The molecule has 0 aliphatic heterocycles. The van der Waals surface area contributed by atoms with Crippen LogP contribution in [0.2, 0.25) is 0 Å². The maximum atomic E-state index is 6.29. The minimum Gasteiger partial charge on any atom is -0.456 e. The molecule has 0 bridgehead atoms. The van der Waals surface area contributed by atoms with Crippen LogP contribution in [-0.4, -0.2) is 14.5 Å². The minimum atomic E-state index is -0.114. The van der Waals surface area contributed by atoms with E-state index in [-0.39, 0.29) is 5.41 Å². The van der Waals surface area contributed by atoms with Gasteiger partial charge in [-0.3, -0.25) is 4.57 Å². The zero-order valence-electron chi connectivity index (χ0n) is 28.4. The van der Waals surface area contributed by atoms with Crippen molar-refractivity contribution in [3.8, 4) is 28.3 Å². The van der Waals surface area contributed by atoms with Crippen molar-refractivity contribution in [2.45, 2.75) is 19.3 Å². The molecule has 0 saturated heterocycles. The number of rotatable bonds is 2. The Kier molecular flexibility index (Phi) is 5.43. The first-order valence-corrected chi connectivity index (χ1v) is 18.6. The molecule has 244 valence electrons. The maximum absolute atomic E-state index is 6.29. The predicted molar refractivity (Wildman–Crippen MR) is 217 cm³/mol. The van der Waals surface area contributed by atoms with Gasteiger partial charge >= 0.3 is 0 Å². The van der Waals surface area contributed by atoms with Crippen LogP contribution in [0.5, 0.6) is 0 Å². The van der Waals surface area contributed by atoms with Crippen LogP contribution in [0.15, 0.2) is 144 Å². The summed E-state index contributed by atoms with van der Waals surface area (Å²) in [5, 5.41) is 8.10. The quantitative estimate of drug-likeness (QED) is 0.182. The van der Waals surface area contributed by atoms with E-state index in [1.165, 1.54) is 43.1 Å². The Morgan fingerprint density at radius 1 is 0.577 bits per heavy atom. The average Bonchev–Trinajstić information content (AvgIpc) is 3.90. The largest absolute Gasteiger partial charge is 0.456 e. The van der Waals surface area contributed by atoms with Crippen molar-refractivity contribution in [1.29, 1.82) is 0 Å². The molecule has 4 nitrogen and oxygen atoms in total. The molecule has 0 unspecified atom stereocenters. The van der Waals surface area contributed by atoms with Crippen molar-refractivity contribution in [2.24, 2.45) is 0 Å². The van der Waals surface area contributed by atoms with Gasteiger partial charge in [0.05, 0.1) is 26.9 Å². The average molecular weight is 684 g/mol. The van der Waals surface area contributed by atoms with E-state index in [0.29, 0.717) is 5.95 Å². The summed E-state index contributed by atoms with van der Waals surface area (Å²) in [4.78, 5) is 11.0. The molecule has 0 spiro atoms.